The smallest absolute Gasteiger partial charge is 0.257 e. The van der Waals surface area contributed by atoms with E-state index in [1.54, 1.807) is 19.1 Å². The summed E-state index contributed by atoms with van der Waals surface area (Å²) in [6.07, 6.45) is 6.36. The minimum Gasteiger partial charge on any atom is -0.396 e. The van der Waals surface area contributed by atoms with Gasteiger partial charge in [-0.25, -0.2) is 5.01 Å². The fourth-order valence-corrected chi connectivity index (χ4v) is 5.10. The number of carbonyl (C=O) groups excluding carboxylic acids is 3. The number of benzene rings is 1. The molecule has 1 aromatic rings. The summed E-state index contributed by atoms with van der Waals surface area (Å²) in [5, 5.41) is 14.7. The number of carbonyl (C=O) groups is 3. The second-order valence-corrected chi connectivity index (χ2v) is 10.1. The predicted molar refractivity (Wildman–Crippen MR) is 141 cm³/mol. The topological polar surface area (TPSA) is 128 Å². The summed E-state index contributed by atoms with van der Waals surface area (Å²) in [4.78, 5) is 40.3. The molecule has 1 saturated heterocycles. The highest BCUT2D eigenvalue weighted by Gasteiger charge is 2.38. The second-order valence-electron chi connectivity index (χ2n) is 9.64. The highest BCUT2D eigenvalue weighted by atomic mass is 35.5. The third kappa shape index (κ3) is 8.31. The monoisotopic (exact) mass is 543 g/mol. The Kier molecular flexibility index (Phi) is 12.4. The van der Waals surface area contributed by atoms with E-state index < -0.39 is 17.9 Å². The summed E-state index contributed by atoms with van der Waals surface area (Å²) in [5.41, 5.74) is 9.25. The molecule has 0 spiro atoms. The third-order valence-corrected chi connectivity index (χ3v) is 7.19. The van der Waals surface area contributed by atoms with Crippen molar-refractivity contribution in [1.29, 1.82) is 0 Å². The van der Waals surface area contributed by atoms with Crippen molar-refractivity contribution in [1.82, 2.24) is 20.7 Å². The lowest BCUT2D eigenvalue weighted by Gasteiger charge is -2.40. The van der Waals surface area contributed by atoms with Gasteiger partial charge in [-0.1, -0.05) is 49.9 Å². The van der Waals surface area contributed by atoms with E-state index in [1.807, 2.05) is 22.0 Å². The summed E-state index contributed by atoms with van der Waals surface area (Å²) in [7, 11) is 0. The van der Waals surface area contributed by atoms with Gasteiger partial charge in [0.25, 0.3) is 5.91 Å². The van der Waals surface area contributed by atoms with Crippen molar-refractivity contribution >= 4 is 41.7 Å². The summed E-state index contributed by atoms with van der Waals surface area (Å²) in [6, 6.07) is 6.47. The molecule has 0 aromatic heterocycles. The number of halogens is 2. The number of hydrogen-bond acceptors (Lipinski definition) is 6. The Morgan fingerprint density at radius 1 is 1.14 bits per heavy atom. The lowest BCUT2D eigenvalue weighted by molar-refractivity contribution is -0.142. The van der Waals surface area contributed by atoms with Crippen LogP contribution in [0.2, 0.25) is 5.02 Å². The maximum atomic E-state index is 13.2. The molecule has 1 saturated carbocycles. The van der Waals surface area contributed by atoms with Gasteiger partial charge >= 0.3 is 0 Å². The molecule has 5 N–H and O–H groups in total. The van der Waals surface area contributed by atoms with Crippen LogP contribution in [0.5, 0.6) is 0 Å². The quantitative estimate of drug-likeness (QED) is 0.355. The van der Waals surface area contributed by atoms with Crippen molar-refractivity contribution in [2.75, 3.05) is 26.2 Å². The van der Waals surface area contributed by atoms with Gasteiger partial charge in [0, 0.05) is 36.6 Å². The van der Waals surface area contributed by atoms with E-state index in [0.717, 1.165) is 37.7 Å². The Bertz CT molecular complexity index is 867. The van der Waals surface area contributed by atoms with Crippen LogP contribution in [0.3, 0.4) is 0 Å². The van der Waals surface area contributed by atoms with Crippen LogP contribution in [-0.2, 0) is 20.8 Å². The van der Waals surface area contributed by atoms with Crippen molar-refractivity contribution in [2.24, 2.45) is 11.7 Å². The zero-order valence-electron chi connectivity index (χ0n) is 20.8. The zero-order valence-corrected chi connectivity index (χ0v) is 22.4. The molecular formula is C25H39Cl2N5O4. The van der Waals surface area contributed by atoms with Gasteiger partial charge in [0.15, 0.2) is 0 Å². The van der Waals surface area contributed by atoms with Crippen LogP contribution in [-0.4, -0.2) is 77.1 Å². The minimum absolute atomic E-state index is 0. The molecule has 36 heavy (non-hydrogen) atoms. The fourth-order valence-electron chi connectivity index (χ4n) is 4.97. The fraction of sp³-hybridized carbons (Fsp3) is 0.640. The van der Waals surface area contributed by atoms with Gasteiger partial charge in [0.05, 0.1) is 19.1 Å². The molecule has 2 aliphatic rings. The molecule has 1 aliphatic carbocycles. The molecule has 9 nitrogen and oxygen atoms in total. The van der Waals surface area contributed by atoms with Gasteiger partial charge in [0.1, 0.15) is 6.04 Å². The summed E-state index contributed by atoms with van der Waals surface area (Å²) in [5.74, 6) is -1.21. The number of hydrogen-bond donors (Lipinski definition) is 4. The van der Waals surface area contributed by atoms with Gasteiger partial charge in [-0.2, -0.15) is 0 Å². The minimum atomic E-state index is -0.795. The van der Waals surface area contributed by atoms with Crippen LogP contribution < -0.4 is 16.5 Å². The summed E-state index contributed by atoms with van der Waals surface area (Å²) in [6.45, 7) is 2.47. The van der Waals surface area contributed by atoms with Crippen molar-refractivity contribution in [3.8, 4) is 0 Å². The first-order valence-corrected chi connectivity index (χ1v) is 12.9. The Morgan fingerprint density at radius 2 is 1.81 bits per heavy atom. The highest BCUT2D eigenvalue weighted by Crippen LogP contribution is 2.28. The first-order valence-electron chi connectivity index (χ1n) is 12.5. The molecule has 3 rings (SSSR count). The molecule has 1 aromatic carbocycles. The van der Waals surface area contributed by atoms with Gasteiger partial charge in [-0.15, -0.1) is 12.4 Å². The molecule has 0 unspecified atom stereocenters. The van der Waals surface area contributed by atoms with Crippen LogP contribution in [0.15, 0.2) is 24.3 Å². The van der Waals surface area contributed by atoms with Crippen molar-refractivity contribution in [3.63, 3.8) is 0 Å². The first-order chi connectivity index (χ1) is 16.8. The van der Waals surface area contributed by atoms with Crippen LogP contribution >= 0.6 is 24.0 Å². The van der Waals surface area contributed by atoms with Crippen LogP contribution in [0.1, 0.15) is 51.0 Å². The molecular weight excluding hydrogens is 505 g/mol. The molecule has 2 fully saturated rings. The normalized spacial score (nSPS) is 20.2. The number of aliphatic hydroxyl groups excluding tert-OH is 1. The Balaban J connectivity index is 0.00000456. The largest absolute Gasteiger partial charge is 0.396 e. The van der Waals surface area contributed by atoms with Gasteiger partial charge in [0.2, 0.25) is 11.8 Å². The van der Waals surface area contributed by atoms with Crippen molar-refractivity contribution in [3.05, 3.63) is 34.9 Å². The summed E-state index contributed by atoms with van der Waals surface area (Å²) >= 11 is 5.96. The first kappa shape index (κ1) is 30.3. The number of amides is 3. The van der Waals surface area contributed by atoms with Gasteiger partial charge in [-0.05, 0) is 37.0 Å². The lowest BCUT2D eigenvalue weighted by Crippen LogP contribution is -2.55. The van der Waals surface area contributed by atoms with Crippen molar-refractivity contribution in [2.45, 2.75) is 70.0 Å². The Morgan fingerprint density at radius 3 is 2.42 bits per heavy atom. The van der Waals surface area contributed by atoms with E-state index >= 15 is 0 Å². The summed E-state index contributed by atoms with van der Waals surface area (Å²) < 4.78 is 0. The maximum Gasteiger partial charge on any atom is 0.257 e. The molecule has 0 radical (unpaired) electrons. The van der Waals surface area contributed by atoms with Crippen LogP contribution in [0, 0.1) is 5.92 Å². The highest BCUT2D eigenvalue weighted by molar-refractivity contribution is 6.30. The predicted octanol–water partition coefficient (Wildman–Crippen LogP) is 1.64. The maximum absolute atomic E-state index is 13.2. The van der Waals surface area contributed by atoms with Gasteiger partial charge in [-0.3, -0.25) is 19.8 Å². The molecule has 202 valence electrons. The number of nitrogens with two attached hydrogens (primary N) is 1. The van der Waals surface area contributed by atoms with E-state index in [9.17, 15) is 19.5 Å². The van der Waals surface area contributed by atoms with E-state index in [1.165, 1.54) is 6.42 Å². The van der Waals surface area contributed by atoms with E-state index in [2.05, 4.69) is 10.7 Å². The number of rotatable bonds is 10. The Hall–Kier alpha value is -1.91. The third-order valence-electron chi connectivity index (χ3n) is 6.93. The van der Waals surface area contributed by atoms with E-state index in [0.29, 0.717) is 24.5 Å². The molecule has 0 bridgehead atoms. The average molecular weight is 545 g/mol. The molecule has 1 heterocycles. The molecule has 1 aliphatic heterocycles. The number of hydrazine groups is 1. The lowest BCUT2D eigenvalue weighted by atomic mass is 9.92. The number of nitrogens with zero attached hydrogens (tertiary/aromatic N) is 2. The van der Waals surface area contributed by atoms with E-state index in [4.69, 9.17) is 17.3 Å². The number of nitrogens with one attached hydrogen (secondary N) is 2. The van der Waals surface area contributed by atoms with E-state index in [-0.39, 0.29) is 49.5 Å². The Labute approximate surface area is 224 Å². The standard InChI is InChI=1S/C25H38ClN5O4.ClH/c1-17(16-32)25(35)31(20-5-3-2-4-6-20)21-11-12-30(15-21)29-24(34)22(28-23(33)14-27)13-18-7-9-19(26)10-8-18;/h7-10,17,20-22,32H,2-6,11-16,27H2,1H3,(H,28,33)(H,29,34);1H/t17-,21+,22-;/m1./s1. The van der Waals surface area contributed by atoms with Crippen molar-refractivity contribution < 1.29 is 19.5 Å². The second kappa shape index (κ2) is 14.7. The SMILES string of the molecule is C[C@H](CO)C(=O)N(C1CCCCC1)[C@H]1CCN(NC(=O)[C@@H](Cc2ccc(Cl)cc2)NC(=O)CN)C1.Cl. The van der Waals surface area contributed by atoms with Crippen LogP contribution in [0.4, 0.5) is 0 Å². The molecule has 3 atom stereocenters. The molecule has 3 amide bonds. The van der Waals surface area contributed by atoms with Gasteiger partial charge < -0.3 is 21.1 Å². The molecule has 11 heteroatoms. The average Bonchev–Trinajstić information content (AvgIpc) is 3.32. The number of aliphatic hydroxyl groups is 1. The zero-order chi connectivity index (χ0) is 25.4. The van der Waals surface area contributed by atoms with Crippen LogP contribution in [0.25, 0.3) is 0 Å².